The zero-order valence-electron chi connectivity index (χ0n) is 17.6. The van der Waals surface area contributed by atoms with Gasteiger partial charge in [0.1, 0.15) is 5.75 Å². The highest BCUT2D eigenvalue weighted by Gasteiger charge is 2.30. The number of aryl methyl sites for hydroxylation is 1. The van der Waals surface area contributed by atoms with Crippen LogP contribution in [0, 0.1) is 12.8 Å². The fourth-order valence-electron chi connectivity index (χ4n) is 4.37. The Labute approximate surface area is 169 Å². The molecule has 2 aliphatic rings. The van der Waals surface area contributed by atoms with Crippen LogP contribution in [0.5, 0.6) is 5.75 Å². The highest BCUT2D eigenvalue weighted by molar-refractivity contribution is 5.80. The van der Waals surface area contributed by atoms with Gasteiger partial charge in [0.25, 0.3) is 5.91 Å². The average molecular weight is 387 g/mol. The average Bonchev–Trinajstić information content (AvgIpc) is 2.72. The monoisotopic (exact) mass is 386 g/mol. The Bertz CT molecular complexity index is 687. The second-order valence-corrected chi connectivity index (χ2v) is 8.50. The summed E-state index contributed by atoms with van der Waals surface area (Å²) in [6.07, 6.45) is 5.01. The number of carbonyl (C=O) groups excluding carboxylic acids is 2. The quantitative estimate of drug-likeness (QED) is 0.774. The number of hydrogen-bond acceptors (Lipinski definition) is 3. The van der Waals surface area contributed by atoms with Gasteiger partial charge in [-0.15, -0.1) is 0 Å². The molecular weight excluding hydrogens is 352 g/mol. The predicted octanol–water partition coefficient (Wildman–Crippen LogP) is 3.75. The zero-order valence-corrected chi connectivity index (χ0v) is 17.6. The third-order valence-corrected chi connectivity index (χ3v) is 6.09. The molecule has 28 heavy (non-hydrogen) atoms. The standard InChI is InChI=1S/C23H34N2O3/c1-17(2)21-8-7-20(15-18(21)3)28-16-22(26)24-13-9-19(10-14-24)23(27)25-11-5-4-6-12-25/h7-8,15,17,19H,4-6,9-14,16H2,1-3H3. The van der Waals surface area contributed by atoms with Crippen molar-refractivity contribution in [2.45, 2.75) is 58.8 Å². The first-order valence-electron chi connectivity index (χ1n) is 10.8. The molecule has 0 spiro atoms. The molecule has 5 nitrogen and oxygen atoms in total. The van der Waals surface area contributed by atoms with Crippen molar-refractivity contribution < 1.29 is 14.3 Å². The van der Waals surface area contributed by atoms with E-state index in [0.717, 1.165) is 44.5 Å². The van der Waals surface area contributed by atoms with E-state index in [9.17, 15) is 9.59 Å². The van der Waals surface area contributed by atoms with Crippen LogP contribution in [0.25, 0.3) is 0 Å². The molecule has 0 N–H and O–H groups in total. The van der Waals surface area contributed by atoms with Crippen molar-refractivity contribution >= 4 is 11.8 Å². The zero-order chi connectivity index (χ0) is 20.1. The smallest absolute Gasteiger partial charge is 0.260 e. The highest BCUT2D eigenvalue weighted by atomic mass is 16.5. The molecule has 154 valence electrons. The number of piperidine rings is 2. The third kappa shape index (κ3) is 5.06. The molecule has 2 amide bonds. The molecule has 2 aliphatic heterocycles. The van der Waals surface area contributed by atoms with Crippen LogP contribution >= 0.6 is 0 Å². The summed E-state index contributed by atoms with van der Waals surface area (Å²) in [7, 11) is 0. The van der Waals surface area contributed by atoms with Crippen molar-refractivity contribution in [1.29, 1.82) is 0 Å². The Hall–Kier alpha value is -2.04. The first kappa shape index (κ1) is 20.7. The van der Waals surface area contributed by atoms with Crippen molar-refractivity contribution in [3.8, 4) is 5.75 Å². The van der Waals surface area contributed by atoms with Gasteiger partial charge in [-0.05, 0) is 68.2 Å². The molecule has 5 heteroatoms. The van der Waals surface area contributed by atoms with Crippen LogP contribution in [0.4, 0.5) is 0 Å². The summed E-state index contributed by atoms with van der Waals surface area (Å²) in [5, 5.41) is 0. The van der Waals surface area contributed by atoms with Crippen LogP contribution < -0.4 is 4.74 Å². The summed E-state index contributed by atoms with van der Waals surface area (Å²) in [5.41, 5.74) is 2.50. The van der Waals surface area contributed by atoms with E-state index in [1.54, 1.807) is 0 Å². The summed E-state index contributed by atoms with van der Waals surface area (Å²) >= 11 is 0. The maximum Gasteiger partial charge on any atom is 0.260 e. The minimum atomic E-state index is 0.00876. The van der Waals surface area contributed by atoms with Gasteiger partial charge in [-0.3, -0.25) is 9.59 Å². The molecule has 0 saturated carbocycles. The van der Waals surface area contributed by atoms with Gasteiger partial charge in [-0.1, -0.05) is 19.9 Å². The van der Waals surface area contributed by atoms with Gasteiger partial charge < -0.3 is 14.5 Å². The molecule has 0 aliphatic carbocycles. The summed E-state index contributed by atoms with van der Waals surface area (Å²) < 4.78 is 5.74. The molecule has 2 heterocycles. The molecule has 0 bridgehead atoms. The number of nitrogens with zero attached hydrogens (tertiary/aromatic N) is 2. The van der Waals surface area contributed by atoms with Crippen LogP contribution in [-0.4, -0.2) is 54.4 Å². The molecule has 0 unspecified atom stereocenters. The maximum absolute atomic E-state index is 12.6. The van der Waals surface area contributed by atoms with Gasteiger partial charge >= 0.3 is 0 Å². The van der Waals surface area contributed by atoms with E-state index in [2.05, 4.69) is 26.8 Å². The molecule has 0 aromatic heterocycles. The van der Waals surface area contributed by atoms with Crippen molar-refractivity contribution in [1.82, 2.24) is 9.80 Å². The molecular formula is C23H34N2O3. The van der Waals surface area contributed by atoms with Crippen molar-refractivity contribution in [2.75, 3.05) is 32.8 Å². The Balaban J connectivity index is 1.45. The molecule has 2 fully saturated rings. The number of carbonyl (C=O) groups is 2. The van der Waals surface area contributed by atoms with Crippen molar-refractivity contribution in [2.24, 2.45) is 5.92 Å². The summed E-state index contributed by atoms with van der Waals surface area (Å²) in [4.78, 5) is 29.0. The second kappa shape index (κ2) is 9.44. The Morgan fingerprint density at radius 1 is 1.04 bits per heavy atom. The largest absolute Gasteiger partial charge is 0.484 e. The van der Waals surface area contributed by atoms with Gasteiger partial charge in [0.15, 0.2) is 6.61 Å². The van der Waals surface area contributed by atoms with Gasteiger partial charge in [0, 0.05) is 32.1 Å². The number of rotatable bonds is 5. The van der Waals surface area contributed by atoms with Crippen LogP contribution in [0.2, 0.25) is 0 Å². The number of benzene rings is 1. The second-order valence-electron chi connectivity index (χ2n) is 8.50. The first-order valence-corrected chi connectivity index (χ1v) is 10.8. The molecule has 3 rings (SSSR count). The van der Waals surface area contributed by atoms with Crippen molar-refractivity contribution in [3.05, 3.63) is 29.3 Å². The molecule has 1 aromatic rings. The maximum atomic E-state index is 12.6. The highest BCUT2D eigenvalue weighted by Crippen LogP contribution is 2.24. The van der Waals surface area contributed by atoms with Gasteiger partial charge in [0.2, 0.25) is 5.91 Å². The minimum Gasteiger partial charge on any atom is -0.484 e. The molecule has 1 aromatic carbocycles. The SMILES string of the molecule is Cc1cc(OCC(=O)N2CCC(C(=O)N3CCCCC3)CC2)ccc1C(C)C. The van der Waals surface area contributed by atoms with E-state index in [4.69, 9.17) is 4.74 Å². The van der Waals surface area contributed by atoms with E-state index in [-0.39, 0.29) is 18.4 Å². The van der Waals surface area contributed by atoms with E-state index in [1.807, 2.05) is 21.9 Å². The Morgan fingerprint density at radius 2 is 1.71 bits per heavy atom. The summed E-state index contributed by atoms with van der Waals surface area (Å²) in [6, 6.07) is 6.03. The van der Waals surface area contributed by atoms with Crippen LogP contribution in [0.3, 0.4) is 0 Å². The van der Waals surface area contributed by atoms with Gasteiger partial charge in [-0.25, -0.2) is 0 Å². The third-order valence-electron chi connectivity index (χ3n) is 6.09. The topological polar surface area (TPSA) is 49.9 Å². The van der Waals surface area contributed by atoms with E-state index >= 15 is 0 Å². The van der Waals surface area contributed by atoms with Crippen LogP contribution in [0.1, 0.15) is 63.0 Å². The first-order chi connectivity index (χ1) is 13.5. The fraction of sp³-hybridized carbons (Fsp3) is 0.652. The van der Waals surface area contributed by atoms with Crippen LogP contribution in [-0.2, 0) is 9.59 Å². The molecule has 0 radical (unpaired) electrons. The lowest BCUT2D eigenvalue weighted by molar-refractivity contribution is -0.142. The Kier molecular flexibility index (Phi) is 6.97. The number of ether oxygens (including phenoxy) is 1. The fourth-order valence-corrected chi connectivity index (χ4v) is 4.37. The number of likely N-dealkylation sites (tertiary alicyclic amines) is 2. The lowest BCUT2D eigenvalue weighted by atomic mass is 9.94. The Morgan fingerprint density at radius 3 is 2.32 bits per heavy atom. The van der Waals surface area contributed by atoms with E-state index < -0.39 is 0 Å². The summed E-state index contributed by atoms with van der Waals surface area (Å²) in [5.74, 6) is 1.60. The molecule has 2 saturated heterocycles. The van der Waals surface area contributed by atoms with Crippen molar-refractivity contribution in [3.63, 3.8) is 0 Å². The normalized spacial score (nSPS) is 18.4. The lowest BCUT2D eigenvalue weighted by Gasteiger charge is -2.35. The summed E-state index contributed by atoms with van der Waals surface area (Å²) in [6.45, 7) is 9.59. The minimum absolute atomic E-state index is 0.00876. The lowest BCUT2D eigenvalue weighted by Crippen LogP contribution is -2.46. The predicted molar refractivity (Wildman–Crippen MR) is 110 cm³/mol. The number of hydrogen-bond donors (Lipinski definition) is 0. The van der Waals surface area contributed by atoms with E-state index in [1.165, 1.54) is 17.5 Å². The van der Waals surface area contributed by atoms with Gasteiger partial charge in [0.05, 0.1) is 0 Å². The molecule has 0 atom stereocenters. The number of amides is 2. The van der Waals surface area contributed by atoms with Gasteiger partial charge in [-0.2, -0.15) is 0 Å². The van der Waals surface area contributed by atoms with E-state index in [0.29, 0.717) is 24.9 Å². The van der Waals surface area contributed by atoms with Crippen LogP contribution in [0.15, 0.2) is 18.2 Å².